The van der Waals surface area contributed by atoms with Gasteiger partial charge in [0.05, 0.1) is 0 Å². The molecule has 0 unspecified atom stereocenters. The van der Waals surface area contributed by atoms with Crippen LogP contribution in [0.25, 0.3) is 6.08 Å². The Hall–Kier alpha value is -1.15. The molecule has 0 fully saturated rings. The minimum absolute atomic E-state index is 0.147. The lowest BCUT2D eigenvalue weighted by atomic mass is 10.1. The summed E-state index contributed by atoms with van der Waals surface area (Å²) in [6.07, 6.45) is 3.86. The highest BCUT2D eigenvalue weighted by Crippen LogP contribution is 2.10. The van der Waals surface area contributed by atoms with E-state index in [9.17, 15) is 4.39 Å². The number of likely N-dealkylation sites (N-methyl/N-ethyl adjacent to an activating group) is 1. The van der Waals surface area contributed by atoms with E-state index in [1.807, 2.05) is 25.3 Å². The molecule has 1 aromatic carbocycles. The van der Waals surface area contributed by atoms with Crippen LogP contribution in [0.5, 0.6) is 0 Å². The fraction of sp³-hybridized carbons (Fsp3) is 0.273. The van der Waals surface area contributed by atoms with Gasteiger partial charge in [-0.05, 0) is 31.2 Å². The molecule has 0 atom stereocenters. The summed E-state index contributed by atoms with van der Waals surface area (Å²) in [5.74, 6) is -0.147. The number of rotatable bonds is 3. The van der Waals surface area contributed by atoms with Crippen molar-refractivity contribution in [1.29, 1.82) is 0 Å². The summed E-state index contributed by atoms with van der Waals surface area (Å²) >= 11 is 0. The van der Waals surface area contributed by atoms with Crippen molar-refractivity contribution in [2.75, 3.05) is 13.6 Å². The minimum Gasteiger partial charge on any atom is -0.316 e. The normalized spacial score (nSPS) is 11.0. The number of aryl methyl sites for hydroxylation is 1. The van der Waals surface area contributed by atoms with Crippen molar-refractivity contribution in [1.82, 2.24) is 5.32 Å². The fourth-order valence-electron chi connectivity index (χ4n) is 1.03. The third-order valence-corrected chi connectivity index (χ3v) is 1.83. The summed E-state index contributed by atoms with van der Waals surface area (Å²) in [4.78, 5) is 0. The van der Waals surface area contributed by atoms with Crippen LogP contribution in [-0.4, -0.2) is 13.6 Å². The van der Waals surface area contributed by atoms with Gasteiger partial charge in [0, 0.05) is 6.54 Å². The molecule has 0 bridgehead atoms. The molecule has 0 aliphatic rings. The predicted octanol–water partition coefficient (Wildman–Crippen LogP) is 2.37. The topological polar surface area (TPSA) is 12.0 Å². The smallest absolute Gasteiger partial charge is 0.126 e. The van der Waals surface area contributed by atoms with Crippen LogP contribution < -0.4 is 5.32 Å². The van der Waals surface area contributed by atoms with Crippen LogP contribution in [0, 0.1) is 12.7 Å². The third kappa shape index (κ3) is 2.99. The average molecular weight is 179 g/mol. The SMILES string of the molecule is CNCC=Cc1ccc(C)c(F)c1. The van der Waals surface area contributed by atoms with E-state index in [-0.39, 0.29) is 5.82 Å². The van der Waals surface area contributed by atoms with Gasteiger partial charge in [0.15, 0.2) is 0 Å². The van der Waals surface area contributed by atoms with Crippen LogP contribution in [0.1, 0.15) is 11.1 Å². The van der Waals surface area contributed by atoms with E-state index in [0.717, 1.165) is 12.1 Å². The lowest BCUT2D eigenvalue weighted by molar-refractivity contribution is 0.618. The molecule has 1 aromatic rings. The molecular weight excluding hydrogens is 165 g/mol. The van der Waals surface area contributed by atoms with Gasteiger partial charge in [0.2, 0.25) is 0 Å². The molecule has 13 heavy (non-hydrogen) atoms. The molecule has 0 amide bonds. The molecule has 1 nitrogen and oxygen atoms in total. The first-order chi connectivity index (χ1) is 6.24. The maximum atomic E-state index is 13.0. The maximum absolute atomic E-state index is 13.0. The van der Waals surface area contributed by atoms with E-state index >= 15 is 0 Å². The quantitative estimate of drug-likeness (QED) is 0.751. The van der Waals surface area contributed by atoms with Gasteiger partial charge in [0.25, 0.3) is 0 Å². The number of hydrogen-bond donors (Lipinski definition) is 1. The van der Waals surface area contributed by atoms with Gasteiger partial charge in [-0.3, -0.25) is 0 Å². The van der Waals surface area contributed by atoms with Crippen molar-refractivity contribution in [2.24, 2.45) is 0 Å². The van der Waals surface area contributed by atoms with Gasteiger partial charge in [-0.15, -0.1) is 0 Å². The van der Waals surface area contributed by atoms with Crippen LogP contribution >= 0.6 is 0 Å². The highest BCUT2D eigenvalue weighted by Gasteiger charge is 1.95. The molecule has 0 spiro atoms. The van der Waals surface area contributed by atoms with Gasteiger partial charge in [-0.1, -0.05) is 24.3 Å². The molecule has 0 aromatic heterocycles. The van der Waals surface area contributed by atoms with Crippen LogP contribution in [0.15, 0.2) is 24.3 Å². The third-order valence-electron chi connectivity index (χ3n) is 1.83. The fourth-order valence-corrected chi connectivity index (χ4v) is 1.03. The predicted molar refractivity (Wildman–Crippen MR) is 54.1 cm³/mol. The standard InChI is InChI=1S/C11H14FN/c1-9-5-6-10(8-11(9)12)4-3-7-13-2/h3-6,8,13H,7H2,1-2H3. The molecule has 1 rings (SSSR count). The van der Waals surface area contributed by atoms with Crippen molar-refractivity contribution in [3.8, 4) is 0 Å². The summed E-state index contributed by atoms with van der Waals surface area (Å²) in [7, 11) is 1.88. The van der Waals surface area contributed by atoms with Crippen molar-refractivity contribution >= 4 is 6.08 Å². The van der Waals surface area contributed by atoms with Crippen molar-refractivity contribution < 1.29 is 4.39 Å². The Kier molecular flexibility index (Phi) is 3.65. The van der Waals surface area contributed by atoms with E-state index in [4.69, 9.17) is 0 Å². The number of halogens is 1. The Morgan fingerprint density at radius 1 is 1.46 bits per heavy atom. The highest BCUT2D eigenvalue weighted by atomic mass is 19.1. The van der Waals surface area contributed by atoms with Crippen molar-refractivity contribution in [3.05, 3.63) is 41.2 Å². The molecule has 0 heterocycles. The van der Waals surface area contributed by atoms with E-state index in [1.54, 1.807) is 19.1 Å². The molecule has 70 valence electrons. The minimum atomic E-state index is -0.147. The van der Waals surface area contributed by atoms with E-state index in [0.29, 0.717) is 5.56 Å². The second-order valence-electron chi connectivity index (χ2n) is 2.97. The van der Waals surface area contributed by atoms with Crippen molar-refractivity contribution in [3.63, 3.8) is 0 Å². The number of benzene rings is 1. The summed E-state index contributed by atoms with van der Waals surface area (Å²) in [5.41, 5.74) is 1.59. The van der Waals surface area contributed by atoms with Crippen LogP contribution in [0.2, 0.25) is 0 Å². The molecule has 0 saturated heterocycles. The lowest BCUT2D eigenvalue weighted by Gasteiger charge is -1.97. The Bertz CT molecular complexity index is 305. The summed E-state index contributed by atoms with van der Waals surface area (Å²) in [6, 6.07) is 5.24. The Labute approximate surface area is 78.3 Å². The molecule has 0 radical (unpaired) electrons. The van der Waals surface area contributed by atoms with Crippen LogP contribution in [-0.2, 0) is 0 Å². The maximum Gasteiger partial charge on any atom is 0.126 e. The van der Waals surface area contributed by atoms with Gasteiger partial charge < -0.3 is 5.32 Å². The molecule has 0 saturated carbocycles. The molecule has 2 heteroatoms. The van der Waals surface area contributed by atoms with Crippen molar-refractivity contribution in [2.45, 2.75) is 6.92 Å². The van der Waals surface area contributed by atoms with Crippen LogP contribution in [0.4, 0.5) is 4.39 Å². The first-order valence-electron chi connectivity index (χ1n) is 4.31. The first-order valence-corrected chi connectivity index (χ1v) is 4.31. The Morgan fingerprint density at radius 2 is 2.23 bits per heavy atom. The van der Waals surface area contributed by atoms with Gasteiger partial charge in [-0.2, -0.15) is 0 Å². The second kappa shape index (κ2) is 4.77. The van der Waals surface area contributed by atoms with Gasteiger partial charge >= 0.3 is 0 Å². The number of nitrogens with one attached hydrogen (secondary N) is 1. The van der Waals surface area contributed by atoms with Gasteiger partial charge in [0.1, 0.15) is 5.82 Å². The zero-order valence-electron chi connectivity index (χ0n) is 7.97. The van der Waals surface area contributed by atoms with E-state index in [2.05, 4.69) is 5.32 Å². The summed E-state index contributed by atoms with van der Waals surface area (Å²) < 4.78 is 13.0. The monoisotopic (exact) mass is 179 g/mol. The molecule has 1 N–H and O–H groups in total. The van der Waals surface area contributed by atoms with Crippen LogP contribution in [0.3, 0.4) is 0 Å². The zero-order valence-corrected chi connectivity index (χ0v) is 7.97. The largest absolute Gasteiger partial charge is 0.316 e. The molecule has 0 aliphatic carbocycles. The van der Waals surface area contributed by atoms with Gasteiger partial charge in [-0.25, -0.2) is 4.39 Å². The summed E-state index contributed by atoms with van der Waals surface area (Å²) in [5, 5.41) is 2.98. The van der Waals surface area contributed by atoms with E-state index < -0.39 is 0 Å². The second-order valence-corrected chi connectivity index (χ2v) is 2.97. The Balaban J connectivity index is 2.73. The summed E-state index contributed by atoms with van der Waals surface area (Å²) in [6.45, 7) is 2.56. The average Bonchev–Trinajstić information content (AvgIpc) is 2.12. The highest BCUT2D eigenvalue weighted by molar-refractivity contribution is 5.50. The first kappa shape index (κ1) is 9.93. The number of hydrogen-bond acceptors (Lipinski definition) is 1. The Morgan fingerprint density at radius 3 is 2.85 bits per heavy atom. The molecule has 0 aliphatic heterocycles. The molecular formula is C11H14FN. The van der Waals surface area contributed by atoms with E-state index in [1.165, 1.54) is 0 Å². The lowest BCUT2D eigenvalue weighted by Crippen LogP contribution is -2.03. The zero-order chi connectivity index (χ0) is 9.68.